The zero-order chi connectivity index (χ0) is 24.2. The van der Waals surface area contributed by atoms with Crippen LogP contribution in [0.2, 0.25) is 0 Å². The number of aryl methyl sites for hydroxylation is 1. The number of hydrogen-bond acceptors (Lipinski definition) is 5. The molecule has 0 aliphatic carbocycles. The molecule has 2 heterocycles. The second-order valence-electron chi connectivity index (χ2n) is 9.46. The van der Waals surface area contributed by atoms with Gasteiger partial charge in [-0.25, -0.2) is 9.78 Å². The van der Waals surface area contributed by atoms with Crippen molar-refractivity contribution in [1.29, 1.82) is 0 Å². The molecule has 0 radical (unpaired) electrons. The number of imidazole rings is 1. The van der Waals surface area contributed by atoms with Gasteiger partial charge in [-0.1, -0.05) is 19.9 Å². The fraction of sp³-hybridized carbons (Fsp3) is 0.481. The number of rotatable bonds is 9. The number of likely N-dealkylation sites (tertiary alicyclic amines) is 1. The SMILES string of the molecule is CCOc1cc(CN2CCC(n3c(C)nc4cc(C(=O)O)ccc43)CC2)ccc1OCC(C)C. The second-order valence-corrected chi connectivity index (χ2v) is 9.46. The highest BCUT2D eigenvalue weighted by Gasteiger charge is 2.24. The first-order chi connectivity index (χ1) is 16.4. The van der Waals surface area contributed by atoms with Crippen molar-refractivity contribution in [1.82, 2.24) is 14.5 Å². The van der Waals surface area contributed by atoms with E-state index >= 15 is 0 Å². The molecule has 0 amide bonds. The van der Waals surface area contributed by atoms with Crippen molar-refractivity contribution in [3.8, 4) is 11.5 Å². The van der Waals surface area contributed by atoms with Crippen LogP contribution < -0.4 is 9.47 Å². The summed E-state index contributed by atoms with van der Waals surface area (Å²) < 4.78 is 14.1. The number of piperidine rings is 1. The highest BCUT2D eigenvalue weighted by Crippen LogP contribution is 2.32. The predicted molar refractivity (Wildman–Crippen MR) is 133 cm³/mol. The van der Waals surface area contributed by atoms with Crippen molar-refractivity contribution in [2.24, 2.45) is 5.92 Å². The number of nitrogens with zero attached hydrogens (tertiary/aromatic N) is 3. The number of carboxylic acids is 1. The maximum atomic E-state index is 11.3. The largest absolute Gasteiger partial charge is 0.490 e. The van der Waals surface area contributed by atoms with Gasteiger partial charge in [0.15, 0.2) is 11.5 Å². The fourth-order valence-electron chi connectivity index (χ4n) is 4.70. The van der Waals surface area contributed by atoms with Gasteiger partial charge in [-0.2, -0.15) is 0 Å². The molecule has 182 valence electrons. The minimum absolute atomic E-state index is 0.277. The van der Waals surface area contributed by atoms with Crippen molar-refractivity contribution in [2.45, 2.75) is 53.1 Å². The van der Waals surface area contributed by atoms with Gasteiger partial charge in [0.25, 0.3) is 0 Å². The van der Waals surface area contributed by atoms with E-state index in [1.165, 1.54) is 5.56 Å². The van der Waals surface area contributed by atoms with E-state index in [4.69, 9.17) is 9.47 Å². The van der Waals surface area contributed by atoms with Gasteiger partial charge in [-0.05, 0) is 68.5 Å². The van der Waals surface area contributed by atoms with Crippen molar-refractivity contribution >= 4 is 17.0 Å². The van der Waals surface area contributed by atoms with Crippen LogP contribution in [0.3, 0.4) is 0 Å². The van der Waals surface area contributed by atoms with Crippen molar-refractivity contribution in [3.05, 3.63) is 53.3 Å². The van der Waals surface area contributed by atoms with E-state index in [2.05, 4.69) is 40.4 Å². The third-order valence-corrected chi connectivity index (χ3v) is 6.32. The van der Waals surface area contributed by atoms with Gasteiger partial charge in [-0.3, -0.25) is 4.90 Å². The zero-order valence-electron chi connectivity index (χ0n) is 20.6. The van der Waals surface area contributed by atoms with Gasteiger partial charge in [0.05, 0.1) is 29.8 Å². The van der Waals surface area contributed by atoms with Crippen LogP contribution in [0.15, 0.2) is 36.4 Å². The summed E-state index contributed by atoms with van der Waals surface area (Å²) in [6, 6.07) is 11.9. The van der Waals surface area contributed by atoms with Gasteiger partial charge < -0.3 is 19.1 Å². The summed E-state index contributed by atoms with van der Waals surface area (Å²) in [5, 5.41) is 9.28. The summed E-state index contributed by atoms with van der Waals surface area (Å²) in [5.74, 6) is 2.11. The van der Waals surface area contributed by atoms with E-state index in [9.17, 15) is 9.90 Å². The first-order valence-corrected chi connectivity index (χ1v) is 12.2. The number of carboxylic acid groups (broad SMARTS) is 1. The molecule has 7 nitrogen and oxygen atoms in total. The number of aromatic nitrogens is 2. The van der Waals surface area contributed by atoms with Crippen molar-refractivity contribution in [3.63, 3.8) is 0 Å². The topological polar surface area (TPSA) is 76.8 Å². The van der Waals surface area contributed by atoms with Crippen LogP contribution in [0.5, 0.6) is 11.5 Å². The lowest BCUT2D eigenvalue weighted by atomic mass is 10.0. The van der Waals surface area contributed by atoms with E-state index in [0.29, 0.717) is 25.2 Å². The Kier molecular flexibility index (Phi) is 7.41. The molecule has 0 saturated carbocycles. The standard InChI is InChI=1S/C27H35N3O4/c1-5-33-26-14-20(6-9-25(26)34-17-18(2)3)16-29-12-10-22(11-13-29)30-19(4)28-23-15-21(27(31)32)7-8-24(23)30/h6-9,14-15,18,22H,5,10-13,16-17H2,1-4H3,(H,31,32). The minimum atomic E-state index is -0.922. The van der Waals surface area contributed by atoms with E-state index < -0.39 is 5.97 Å². The first-order valence-electron chi connectivity index (χ1n) is 12.2. The molecule has 0 spiro atoms. The second kappa shape index (κ2) is 10.5. The molecule has 4 rings (SSSR count). The normalized spacial score (nSPS) is 15.2. The monoisotopic (exact) mass is 465 g/mol. The van der Waals surface area contributed by atoms with Gasteiger partial charge >= 0.3 is 5.97 Å². The van der Waals surface area contributed by atoms with Crippen LogP contribution in [0, 0.1) is 12.8 Å². The van der Waals surface area contributed by atoms with Gasteiger partial charge in [0.1, 0.15) is 5.82 Å². The quantitative estimate of drug-likeness (QED) is 0.461. The Morgan fingerprint density at radius 1 is 1.12 bits per heavy atom. The zero-order valence-corrected chi connectivity index (χ0v) is 20.6. The molecule has 0 bridgehead atoms. The molecule has 34 heavy (non-hydrogen) atoms. The fourth-order valence-corrected chi connectivity index (χ4v) is 4.70. The molecular formula is C27H35N3O4. The summed E-state index contributed by atoms with van der Waals surface area (Å²) in [5.41, 5.74) is 3.27. The molecule has 7 heteroatoms. The highest BCUT2D eigenvalue weighted by molar-refractivity contribution is 5.92. The third kappa shape index (κ3) is 5.36. The summed E-state index contributed by atoms with van der Waals surface area (Å²) >= 11 is 0. The van der Waals surface area contributed by atoms with Crippen LogP contribution in [0.1, 0.15) is 61.4 Å². The summed E-state index contributed by atoms with van der Waals surface area (Å²) in [4.78, 5) is 18.4. The molecule has 1 saturated heterocycles. The Hall–Kier alpha value is -3.06. The smallest absolute Gasteiger partial charge is 0.335 e. The van der Waals surface area contributed by atoms with E-state index in [1.807, 2.05) is 26.0 Å². The average Bonchev–Trinajstić information content (AvgIpc) is 3.14. The number of ether oxygens (including phenoxy) is 2. The van der Waals surface area contributed by atoms with Crippen molar-refractivity contribution < 1.29 is 19.4 Å². The highest BCUT2D eigenvalue weighted by atomic mass is 16.5. The van der Waals surface area contributed by atoms with Gasteiger partial charge in [0.2, 0.25) is 0 Å². The maximum Gasteiger partial charge on any atom is 0.335 e. The molecule has 1 aliphatic heterocycles. The molecule has 1 N–H and O–H groups in total. The van der Waals surface area contributed by atoms with E-state index in [-0.39, 0.29) is 5.56 Å². The number of fused-ring (bicyclic) bond motifs is 1. The van der Waals surface area contributed by atoms with Crippen LogP contribution in [-0.4, -0.2) is 51.8 Å². The van der Waals surface area contributed by atoms with Crippen molar-refractivity contribution in [2.75, 3.05) is 26.3 Å². The Morgan fingerprint density at radius 3 is 2.56 bits per heavy atom. The Labute approximate surface area is 201 Å². The van der Waals surface area contributed by atoms with E-state index in [1.54, 1.807) is 12.1 Å². The number of benzene rings is 2. The average molecular weight is 466 g/mol. The summed E-state index contributed by atoms with van der Waals surface area (Å²) in [6.07, 6.45) is 2.06. The molecule has 2 aromatic carbocycles. The molecule has 0 atom stereocenters. The Balaban J connectivity index is 1.42. The van der Waals surface area contributed by atoms with Gasteiger partial charge in [-0.15, -0.1) is 0 Å². The first kappa shape index (κ1) is 24.1. The van der Waals surface area contributed by atoms with Gasteiger partial charge in [0, 0.05) is 25.7 Å². The summed E-state index contributed by atoms with van der Waals surface area (Å²) in [6.45, 7) is 12.4. The van der Waals surface area contributed by atoms with E-state index in [0.717, 1.165) is 60.8 Å². The Morgan fingerprint density at radius 2 is 1.88 bits per heavy atom. The molecule has 1 fully saturated rings. The lowest BCUT2D eigenvalue weighted by molar-refractivity contribution is 0.0697. The van der Waals surface area contributed by atoms with Crippen LogP contribution in [0.4, 0.5) is 0 Å². The molecule has 1 aromatic heterocycles. The molecule has 3 aromatic rings. The van der Waals surface area contributed by atoms with Crippen LogP contribution in [-0.2, 0) is 6.54 Å². The number of carbonyl (C=O) groups is 1. The molecule has 1 aliphatic rings. The lowest BCUT2D eigenvalue weighted by Crippen LogP contribution is -2.34. The van der Waals surface area contributed by atoms with Crippen LogP contribution >= 0.6 is 0 Å². The molecular weight excluding hydrogens is 430 g/mol. The lowest BCUT2D eigenvalue weighted by Gasteiger charge is -2.33. The Bertz CT molecular complexity index is 1150. The molecule has 0 unspecified atom stereocenters. The minimum Gasteiger partial charge on any atom is -0.490 e. The number of hydrogen-bond donors (Lipinski definition) is 1. The summed E-state index contributed by atoms with van der Waals surface area (Å²) in [7, 11) is 0. The third-order valence-electron chi connectivity index (χ3n) is 6.32. The number of aromatic carboxylic acids is 1. The van der Waals surface area contributed by atoms with Crippen LogP contribution in [0.25, 0.3) is 11.0 Å². The maximum absolute atomic E-state index is 11.3. The predicted octanol–water partition coefficient (Wildman–Crippen LogP) is 5.31.